The second-order valence-corrected chi connectivity index (χ2v) is 5.92. The molecular weight excluding hydrogens is 218 g/mol. The highest BCUT2D eigenvalue weighted by atomic mass is 32.1. The Bertz CT molecular complexity index is 328. The Morgan fingerprint density at radius 3 is 2.75 bits per heavy atom. The van der Waals surface area contributed by atoms with E-state index in [-0.39, 0.29) is 0 Å². The first kappa shape index (κ1) is 12.1. The average Bonchev–Trinajstić information content (AvgIpc) is 2.65. The smallest absolute Gasteiger partial charge is 0.0771 e. The van der Waals surface area contributed by atoms with Gasteiger partial charge in [0.05, 0.1) is 5.60 Å². The summed E-state index contributed by atoms with van der Waals surface area (Å²) in [7, 11) is 0. The molecule has 2 N–H and O–H groups in total. The van der Waals surface area contributed by atoms with E-state index in [1.54, 1.807) is 11.3 Å². The lowest BCUT2D eigenvalue weighted by Gasteiger charge is -2.32. The monoisotopic (exact) mass is 239 g/mol. The van der Waals surface area contributed by atoms with Crippen molar-refractivity contribution in [3.05, 3.63) is 21.9 Å². The van der Waals surface area contributed by atoms with Crippen LogP contribution in [-0.2, 0) is 6.54 Å². The molecule has 1 aliphatic rings. The summed E-state index contributed by atoms with van der Waals surface area (Å²) >= 11 is 1.79. The molecule has 0 amide bonds. The number of rotatable bonds is 4. The normalized spacial score (nSPS) is 19.9. The van der Waals surface area contributed by atoms with Crippen LogP contribution >= 0.6 is 11.3 Å². The molecule has 2 nitrogen and oxygen atoms in total. The SMILES string of the molecule is Cc1ccsc1CNCC1(O)CCCCC1. The predicted molar refractivity (Wildman–Crippen MR) is 68.8 cm³/mol. The van der Waals surface area contributed by atoms with Crippen molar-refractivity contribution in [3.63, 3.8) is 0 Å². The number of hydrogen-bond donors (Lipinski definition) is 2. The largest absolute Gasteiger partial charge is 0.389 e. The van der Waals surface area contributed by atoms with Crippen molar-refractivity contribution >= 4 is 11.3 Å². The van der Waals surface area contributed by atoms with Gasteiger partial charge in [-0.1, -0.05) is 19.3 Å². The van der Waals surface area contributed by atoms with Crippen LogP contribution in [-0.4, -0.2) is 17.3 Å². The zero-order valence-corrected chi connectivity index (χ0v) is 10.8. The molecule has 1 fully saturated rings. The van der Waals surface area contributed by atoms with Gasteiger partial charge in [-0.05, 0) is 36.8 Å². The summed E-state index contributed by atoms with van der Waals surface area (Å²) in [5.41, 5.74) is 0.914. The fourth-order valence-electron chi connectivity index (χ4n) is 2.38. The highest BCUT2D eigenvalue weighted by Gasteiger charge is 2.28. The van der Waals surface area contributed by atoms with E-state index in [0.29, 0.717) is 0 Å². The first-order valence-electron chi connectivity index (χ1n) is 6.16. The van der Waals surface area contributed by atoms with Crippen LogP contribution in [0.25, 0.3) is 0 Å². The van der Waals surface area contributed by atoms with Crippen molar-refractivity contribution in [1.29, 1.82) is 0 Å². The quantitative estimate of drug-likeness (QED) is 0.847. The van der Waals surface area contributed by atoms with E-state index in [4.69, 9.17) is 0 Å². The Morgan fingerprint density at radius 2 is 2.12 bits per heavy atom. The van der Waals surface area contributed by atoms with Crippen LogP contribution in [0.4, 0.5) is 0 Å². The first-order valence-corrected chi connectivity index (χ1v) is 7.04. The predicted octanol–water partition coefficient (Wildman–Crippen LogP) is 2.84. The van der Waals surface area contributed by atoms with E-state index in [2.05, 4.69) is 23.7 Å². The van der Waals surface area contributed by atoms with Crippen LogP contribution in [0.5, 0.6) is 0 Å². The van der Waals surface area contributed by atoms with Gasteiger partial charge < -0.3 is 10.4 Å². The molecule has 0 spiro atoms. The van der Waals surface area contributed by atoms with Gasteiger partial charge in [-0.2, -0.15) is 0 Å². The number of aryl methyl sites for hydroxylation is 1. The summed E-state index contributed by atoms with van der Waals surface area (Å²) in [6, 6.07) is 2.15. The maximum atomic E-state index is 10.3. The Labute approximate surface area is 102 Å². The van der Waals surface area contributed by atoms with E-state index in [1.807, 2.05) is 0 Å². The molecular formula is C13H21NOS. The van der Waals surface area contributed by atoms with E-state index < -0.39 is 5.60 Å². The van der Waals surface area contributed by atoms with E-state index in [0.717, 1.165) is 25.9 Å². The third-order valence-electron chi connectivity index (χ3n) is 3.49. The maximum absolute atomic E-state index is 10.3. The zero-order valence-electron chi connectivity index (χ0n) is 9.96. The van der Waals surface area contributed by atoms with Crippen LogP contribution in [0.3, 0.4) is 0 Å². The third kappa shape index (κ3) is 3.06. The van der Waals surface area contributed by atoms with Gasteiger partial charge in [0.2, 0.25) is 0 Å². The minimum Gasteiger partial charge on any atom is -0.389 e. The van der Waals surface area contributed by atoms with Crippen molar-refractivity contribution in [3.8, 4) is 0 Å². The van der Waals surface area contributed by atoms with Gasteiger partial charge in [0.15, 0.2) is 0 Å². The minimum atomic E-state index is -0.441. The third-order valence-corrected chi connectivity index (χ3v) is 4.52. The lowest BCUT2D eigenvalue weighted by Crippen LogP contribution is -2.41. The molecule has 0 bridgehead atoms. The van der Waals surface area contributed by atoms with E-state index in [9.17, 15) is 5.11 Å². The average molecular weight is 239 g/mol. The molecule has 16 heavy (non-hydrogen) atoms. The van der Waals surface area contributed by atoms with Crippen LogP contribution < -0.4 is 5.32 Å². The van der Waals surface area contributed by atoms with Gasteiger partial charge in [0, 0.05) is 18.0 Å². The lowest BCUT2D eigenvalue weighted by molar-refractivity contribution is 0.00471. The molecule has 1 aliphatic carbocycles. The first-order chi connectivity index (χ1) is 7.70. The molecule has 1 saturated carbocycles. The second kappa shape index (κ2) is 5.30. The summed E-state index contributed by atoms with van der Waals surface area (Å²) in [5.74, 6) is 0. The summed E-state index contributed by atoms with van der Waals surface area (Å²) in [6.45, 7) is 3.78. The number of hydrogen-bond acceptors (Lipinski definition) is 3. The second-order valence-electron chi connectivity index (χ2n) is 4.92. The van der Waals surface area contributed by atoms with Crippen LogP contribution in [0.15, 0.2) is 11.4 Å². The van der Waals surface area contributed by atoms with Crippen molar-refractivity contribution in [2.75, 3.05) is 6.54 Å². The topological polar surface area (TPSA) is 32.3 Å². The minimum absolute atomic E-state index is 0.441. The van der Waals surface area contributed by atoms with Crippen molar-refractivity contribution < 1.29 is 5.11 Å². The summed E-state index contributed by atoms with van der Waals surface area (Å²) in [5, 5.41) is 15.8. The fraction of sp³-hybridized carbons (Fsp3) is 0.692. The molecule has 3 heteroatoms. The molecule has 0 atom stereocenters. The number of aliphatic hydroxyl groups is 1. The van der Waals surface area contributed by atoms with Crippen molar-refractivity contribution in [2.45, 2.75) is 51.2 Å². The molecule has 1 aromatic rings. The highest BCUT2D eigenvalue weighted by molar-refractivity contribution is 7.10. The van der Waals surface area contributed by atoms with Gasteiger partial charge >= 0.3 is 0 Å². The molecule has 0 unspecified atom stereocenters. The molecule has 0 aliphatic heterocycles. The Balaban J connectivity index is 1.77. The molecule has 0 saturated heterocycles. The Morgan fingerprint density at radius 1 is 1.38 bits per heavy atom. The zero-order chi connectivity index (χ0) is 11.4. The van der Waals surface area contributed by atoms with Gasteiger partial charge in [-0.25, -0.2) is 0 Å². The van der Waals surface area contributed by atoms with E-state index in [1.165, 1.54) is 29.7 Å². The maximum Gasteiger partial charge on any atom is 0.0771 e. The van der Waals surface area contributed by atoms with Gasteiger partial charge in [0.1, 0.15) is 0 Å². The molecule has 1 heterocycles. The van der Waals surface area contributed by atoms with Crippen LogP contribution in [0.2, 0.25) is 0 Å². The Hall–Kier alpha value is -0.380. The fourth-order valence-corrected chi connectivity index (χ4v) is 3.26. The van der Waals surface area contributed by atoms with Crippen molar-refractivity contribution in [1.82, 2.24) is 5.32 Å². The standard InChI is InChI=1S/C13H21NOS/c1-11-5-8-16-12(11)9-14-10-13(15)6-3-2-4-7-13/h5,8,14-15H,2-4,6-7,9-10H2,1H3. The van der Waals surface area contributed by atoms with Crippen LogP contribution in [0, 0.1) is 6.92 Å². The molecule has 0 radical (unpaired) electrons. The highest BCUT2D eigenvalue weighted by Crippen LogP contribution is 2.27. The lowest BCUT2D eigenvalue weighted by atomic mass is 9.85. The number of thiophene rings is 1. The summed E-state index contributed by atoms with van der Waals surface area (Å²) < 4.78 is 0. The van der Waals surface area contributed by atoms with Crippen LogP contribution in [0.1, 0.15) is 42.5 Å². The molecule has 90 valence electrons. The Kier molecular flexibility index (Phi) is 4.00. The molecule has 0 aromatic carbocycles. The van der Waals surface area contributed by atoms with E-state index >= 15 is 0 Å². The summed E-state index contributed by atoms with van der Waals surface area (Å²) in [6.07, 6.45) is 5.56. The summed E-state index contributed by atoms with van der Waals surface area (Å²) in [4.78, 5) is 1.39. The van der Waals surface area contributed by atoms with Gasteiger partial charge in [-0.15, -0.1) is 11.3 Å². The van der Waals surface area contributed by atoms with Crippen molar-refractivity contribution in [2.24, 2.45) is 0 Å². The number of nitrogens with one attached hydrogen (secondary N) is 1. The van der Waals surface area contributed by atoms with Gasteiger partial charge in [0.25, 0.3) is 0 Å². The van der Waals surface area contributed by atoms with Gasteiger partial charge in [-0.3, -0.25) is 0 Å². The molecule has 1 aromatic heterocycles. The molecule has 2 rings (SSSR count).